The Bertz CT molecular complexity index is 540. The highest BCUT2D eigenvalue weighted by atomic mass is 35.5. The normalized spacial score (nSPS) is 14.1. The lowest BCUT2D eigenvalue weighted by atomic mass is 10.0. The van der Waals surface area contributed by atoms with E-state index in [2.05, 4.69) is 30.6 Å². The fourth-order valence-corrected chi connectivity index (χ4v) is 3.11. The van der Waals surface area contributed by atoms with Gasteiger partial charge in [0.05, 0.1) is 6.04 Å². The van der Waals surface area contributed by atoms with Gasteiger partial charge in [-0.1, -0.05) is 17.7 Å². The van der Waals surface area contributed by atoms with E-state index in [4.69, 9.17) is 16.3 Å². The number of hydrogen-bond donors (Lipinski definition) is 1. The van der Waals surface area contributed by atoms with E-state index in [1.54, 1.807) is 11.3 Å². The van der Waals surface area contributed by atoms with Gasteiger partial charge in [0, 0.05) is 9.90 Å². The van der Waals surface area contributed by atoms with Crippen LogP contribution in [0.3, 0.4) is 0 Å². The Balaban J connectivity index is 2.14. The smallest absolute Gasteiger partial charge is 0.121 e. The second-order valence-corrected chi connectivity index (χ2v) is 6.04. The lowest BCUT2D eigenvalue weighted by Crippen LogP contribution is -2.31. The van der Waals surface area contributed by atoms with Crippen LogP contribution in [0, 0.1) is 6.92 Å². The summed E-state index contributed by atoms with van der Waals surface area (Å²) in [6.45, 7) is 4.20. The van der Waals surface area contributed by atoms with Gasteiger partial charge in [-0.25, -0.2) is 0 Å². The van der Waals surface area contributed by atoms with E-state index in [9.17, 15) is 0 Å². The number of rotatable bonds is 5. The van der Waals surface area contributed by atoms with Crippen LogP contribution in [0.2, 0.25) is 5.02 Å². The van der Waals surface area contributed by atoms with E-state index < -0.39 is 0 Å². The topological polar surface area (TPSA) is 21.3 Å². The van der Waals surface area contributed by atoms with Crippen LogP contribution in [0.25, 0.3) is 0 Å². The highest BCUT2D eigenvalue weighted by molar-refractivity contribution is 7.10. The van der Waals surface area contributed by atoms with E-state index in [1.807, 2.05) is 31.3 Å². The van der Waals surface area contributed by atoms with Crippen LogP contribution < -0.4 is 10.1 Å². The second-order valence-electron chi connectivity index (χ2n) is 4.48. The minimum absolute atomic E-state index is 0.0248. The van der Waals surface area contributed by atoms with E-state index in [0.29, 0.717) is 5.02 Å². The Labute approximate surface area is 123 Å². The summed E-state index contributed by atoms with van der Waals surface area (Å²) in [6, 6.07) is 9.83. The number of likely N-dealkylation sites (N-methyl/N-ethyl adjacent to an activating group) is 1. The van der Waals surface area contributed by atoms with E-state index >= 15 is 0 Å². The predicted octanol–water partition coefficient (Wildman–Crippen LogP) is 4.44. The summed E-state index contributed by atoms with van der Waals surface area (Å²) in [7, 11) is 1.96. The van der Waals surface area contributed by atoms with Gasteiger partial charge in [0.1, 0.15) is 11.9 Å². The van der Waals surface area contributed by atoms with Crippen LogP contribution in [0.5, 0.6) is 5.75 Å². The molecule has 0 spiro atoms. The molecule has 0 aliphatic rings. The summed E-state index contributed by atoms with van der Waals surface area (Å²) in [5.41, 5.74) is 1.29. The summed E-state index contributed by atoms with van der Waals surface area (Å²) < 4.78 is 5.98. The van der Waals surface area contributed by atoms with Gasteiger partial charge in [0.25, 0.3) is 0 Å². The molecule has 1 aromatic carbocycles. The van der Waals surface area contributed by atoms with Crippen LogP contribution in [0.4, 0.5) is 0 Å². The van der Waals surface area contributed by atoms with Crippen molar-refractivity contribution < 1.29 is 4.74 Å². The van der Waals surface area contributed by atoms with Crippen molar-refractivity contribution in [1.82, 2.24) is 5.32 Å². The molecule has 2 unspecified atom stereocenters. The number of aryl methyl sites for hydroxylation is 1. The zero-order valence-corrected chi connectivity index (χ0v) is 12.9. The van der Waals surface area contributed by atoms with Gasteiger partial charge in [-0.2, -0.15) is 0 Å². The molecule has 2 aromatic rings. The van der Waals surface area contributed by atoms with Crippen molar-refractivity contribution in [1.29, 1.82) is 0 Å². The van der Waals surface area contributed by atoms with Crippen molar-refractivity contribution in [3.63, 3.8) is 0 Å². The van der Waals surface area contributed by atoms with Crippen molar-refractivity contribution >= 4 is 22.9 Å². The molecular formula is C15H18ClNOS. The molecule has 1 N–H and O–H groups in total. The van der Waals surface area contributed by atoms with Gasteiger partial charge >= 0.3 is 0 Å². The standard InChI is InChI=1S/C15H18ClNOS/c1-10(18-13-6-4-5-12(16)9-13)15(17-3)14-7-8-19-11(14)2/h4-10,15,17H,1-3H3. The highest BCUT2D eigenvalue weighted by Gasteiger charge is 2.21. The van der Waals surface area contributed by atoms with Gasteiger partial charge in [0.2, 0.25) is 0 Å². The molecule has 102 valence electrons. The molecule has 0 aliphatic heterocycles. The Kier molecular flexibility index (Phi) is 4.86. The fourth-order valence-electron chi connectivity index (χ4n) is 2.18. The lowest BCUT2D eigenvalue weighted by Gasteiger charge is -2.25. The number of hydrogen-bond acceptors (Lipinski definition) is 3. The highest BCUT2D eigenvalue weighted by Crippen LogP contribution is 2.28. The van der Waals surface area contributed by atoms with Crippen molar-refractivity contribution in [2.45, 2.75) is 26.0 Å². The summed E-state index contributed by atoms with van der Waals surface area (Å²) in [6.07, 6.45) is 0.0248. The first-order valence-corrected chi connectivity index (χ1v) is 7.51. The summed E-state index contributed by atoms with van der Waals surface area (Å²) >= 11 is 7.73. The first kappa shape index (κ1) is 14.4. The van der Waals surface area contributed by atoms with Crippen molar-refractivity contribution in [2.75, 3.05) is 7.05 Å². The average Bonchev–Trinajstić information content (AvgIpc) is 2.77. The number of ether oxygens (including phenoxy) is 1. The van der Waals surface area contributed by atoms with Crippen LogP contribution >= 0.6 is 22.9 Å². The maximum absolute atomic E-state index is 5.98. The molecule has 2 rings (SSSR count). The molecule has 0 saturated carbocycles. The summed E-state index contributed by atoms with van der Waals surface area (Å²) in [5.74, 6) is 0.799. The molecule has 4 heteroatoms. The fraction of sp³-hybridized carbons (Fsp3) is 0.333. The molecule has 0 radical (unpaired) electrons. The van der Waals surface area contributed by atoms with Crippen LogP contribution in [-0.2, 0) is 0 Å². The molecule has 2 nitrogen and oxygen atoms in total. The van der Waals surface area contributed by atoms with Gasteiger partial charge in [-0.05, 0) is 56.1 Å². The Hall–Kier alpha value is -1.03. The quantitative estimate of drug-likeness (QED) is 0.880. The van der Waals surface area contributed by atoms with Crippen molar-refractivity contribution in [3.8, 4) is 5.75 Å². The third kappa shape index (κ3) is 3.50. The molecule has 19 heavy (non-hydrogen) atoms. The first-order chi connectivity index (χ1) is 9.11. The van der Waals surface area contributed by atoms with Crippen molar-refractivity contribution in [2.24, 2.45) is 0 Å². The van der Waals surface area contributed by atoms with Crippen LogP contribution in [0.1, 0.15) is 23.4 Å². The molecule has 0 fully saturated rings. The largest absolute Gasteiger partial charge is 0.489 e. The third-order valence-electron chi connectivity index (χ3n) is 3.13. The SMILES string of the molecule is CNC(c1ccsc1C)C(C)Oc1cccc(Cl)c1. The molecular weight excluding hydrogens is 278 g/mol. The molecule has 2 atom stereocenters. The van der Waals surface area contributed by atoms with Crippen molar-refractivity contribution in [3.05, 3.63) is 51.2 Å². The maximum atomic E-state index is 5.98. The molecule has 0 bridgehead atoms. The van der Waals surface area contributed by atoms with E-state index in [0.717, 1.165) is 5.75 Å². The zero-order chi connectivity index (χ0) is 13.8. The number of benzene rings is 1. The lowest BCUT2D eigenvalue weighted by molar-refractivity contribution is 0.175. The van der Waals surface area contributed by atoms with Crippen LogP contribution in [0.15, 0.2) is 35.7 Å². The molecule has 0 saturated heterocycles. The van der Waals surface area contributed by atoms with Gasteiger partial charge in [-0.15, -0.1) is 11.3 Å². The third-order valence-corrected chi connectivity index (χ3v) is 4.23. The zero-order valence-electron chi connectivity index (χ0n) is 11.3. The predicted molar refractivity (Wildman–Crippen MR) is 82.4 cm³/mol. The second kappa shape index (κ2) is 6.42. The Morgan fingerprint density at radius 1 is 1.32 bits per heavy atom. The average molecular weight is 296 g/mol. The molecule has 1 heterocycles. The summed E-state index contributed by atoms with van der Waals surface area (Å²) in [5, 5.41) is 6.13. The maximum Gasteiger partial charge on any atom is 0.121 e. The van der Waals surface area contributed by atoms with E-state index in [-0.39, 0.29) is 12.1 Å². The van der Waals surface area contributed by atoms with Gasteiger partial charge in [0.15, 0.2) is 0 Å². The Morgan fingerprint density at radius 2 is 2.11 bits per heavy atom. The monoisotopic (exact) mass is 295 g/mol. The minimum atomic E-state index is 0.0248. The van der Waals surface area contributed by atoms with Gasteiger partial charge in [-0.3, -0.25) is 0 Å². The number of nitrogens with one attached hydrogen (secondary N) is 1. The molecule has 1 aromatic heterocycles. The molecule has 0 aliphatic carbocycles. The first-order valence-electron chi connectivity index (χ1n) is 6.25. The summed E-state index contributed by atoms with van der Waals surface area (Å²) in [4.78, 5) is 1.32. The number of halogens is 1. The molecule has 0 amide bonds. The Morgan fingerprint density at radius 3 is 2.68 bits per heavy atom. The van der Waals surface area contributed by atoms with E-state index in [1.165, 1.54) is 10.4 Å². The minimum Gasteiger partial charge on any atom is -0.489 e. The van der Waals surface area contributed by atoms with Crippen LogP contribution in [-0.4, -0.2) is 13.2 Å². The number of thiophene rings is 1. The van der Waals surface area contributed by atoms with Gasteiger partial charge < -0.3 is 10.1 Å².